The molecule has 1 aromatic carbocycles. The summed E-state index contributed by atoms with van der Waals surface area (Å²) in [4.78, 5) is 21.3. The normalized spacial score (nSPS) is 23.9. The minimum absolute atomic E-state index is 0.139. The van der Waals surface area contributed by atoms with Crippen LogP contribution in [0.2, 0.25) is 5.02 Å². The number of rotatable bonds is 3. The molecule has 0 N–H and O–H groups in total. The fourth-order valence-electron chi connectivity index (χ4n) is 3.30. The molecule has 2 atom stereocenters. The van der Waals surface area contributed by atoms with Crippen molar-refractivity contribution in [3.05, 3.63) is 46.4 Å². The number of anilines is 1. The summed E-state index contributed by atoms with van der Waals surface area (Å²) >= 11 is 7.71. The number of aromatic nitrogens is 1. The largest absolute Gasteiger partial charge is 0.345 e. The highest BCUT2D eigenvalue weighted by molar-refractivity contribution is 7.13. The summed E-state index contributed by atoms with van der Waals surface area (Å²) in [5.74, 6) is 0.784. The molecule has 1 saturated heterocycles. The topological polar surface area (TPSA) is 36.4 Å². The number of amides is 1. The van der Waals surface area contributed by atoms with E-state index in [1.165, 1.54) is 5.56 Å². The Morgan fingerprint density at radius 3 is 2.78 bits per heavy atom. The van der Waals surface area contributed by atoms with Gasteiger partial charge in [-0.1, -0.05) is 23.7 Å². The maximum absolute atomic E-state index is 12.7. The molecule has 4 nitrogen and oxygen atoms in total. The first-order valence-corrected chi connectivity index (χ1v) is 9.17. The standard InChI is InChI=1S/C17H18ClN3OS/c18-13-3-1-2-12(10-13)14-11-15(14)16(22)20-5-7-21(8-6-20)17-19-4-9-23-17/h1-4,9-10,14-15H,5-8,11H2/t14-,15-/m1/s1. The first-order chi connectivity index (χ1) is 11.2. The van der Waals surface area contributed by atoms with E-state index in [0.717, 1.165) is 42.8 Å². The van der Waals surface area contributed by atoms with E-state index in [0.29, 0.717) is 11.8 Å². The van der Waals surface area contributed by atoms with Gasteiger partial charge < -0.3 is 9.80 Å². The van der Waals surface area contributed by atoms with E-state index in [9.17, 15) is 4.79 Å². The van der Waals surface area contributed by atoms with Crippen molar-refractivity contribution in [1.29, 1.82) is 0 Å². The zero-order valence-electron chi connectivity index (χ0n) is 12.7. The van der Waals surface area contributed by atoms with Crippen LogP contribution in [0.25, 0.3) is 0 Å². The molecule has 6 heteroatoms. The van der Waals surface area contributed by atoms with Crippen molar-refractivity contribution in [1.82, 2.24) is 9.88 Å². The average molecular weight is 348 g/mol. The molecule has 0 unspecified atom stereocenters. The molecule has 2 aromatic rings. The van der Waals surface area contributed by atoms with Gasteiger partial charge in [-0.05, 0) is 30.0 Å². The highest BCUT2D eigenvalue weighted by Crippen LogP contribution is 2.49. The maximum Gasteiger partial charge on any atom is 0.226 e. The summed E-state index contributed by atoms with van der Waals surface area (Å²) in [7, 11) is 0. The third kappa shape index (κ3) is 3.08. The van der Waals surface area contributed by atoms with E-state index >= 15 is 0 Å². The van der Waals surface area contributed by atoms with E-state index in [-0.39, 0.29) is 5.92 Å². The molecule has 0 spiro atoms. The number of hydrogen-bond donors (Lipinski definition) is 0. The minimum atomic E-state index is 0.139. The van der Waals surface area contributed by atoms with Crippen molar-refractivity contribution < 1.29 is 4.79 Å². The number of halogens is 1. The number of carbonyl (C=O) groups is 1. The van der Waals surface area contributed by atoms with Crippen molar-refractivity contribution in [2.24, 2.45) is 5.92 Å². The third-order valence-corrected chi connectivity index (χ3v) is 5.73. The van der Waals surface area contributed by atoms with Crippen LogP contribution in [0.15, 0.2) is 35.8 Å². The number of benzene rings is 1. The van der Waals surface area contributed by atoms with Crippen molar-refractivity contribution in [3.63, 3.8) is 0 Å². The number of thiazole rings is 1. The lowest BCUT2D eigenvalue weighted by Gasteiger charge is -2.34. The van der Waals surface area contributed by atoms with Crippen LogP contribution < -0.4 is 4.90 Å². The Labute approximate surface area is 144 Å². The smallest absolute Gasteiger partial charge is 0.226 e. The number of piperazine rings is 1. The molecule has 2 heterocycles. The second-order valence-corrected chi connectivity index (χ2v) is 7.44. The first-order valence-electron chi connectivity index (χ1n) is 7.91. The van der Waals surface area contributed by atoms with Crippen LogP contribution in [-0.4, -0.2) is 42.0 Å². The molecular weight excluding hydrogens is 330 g/mol. The molecule has 0 radical (unpaired) electrons. The monoisotopic (exact) mass is 347 g/mol. The van der Waals surface area contributed by atoms with Gasteiger partial charge in [0.05, 0.1) is 0 Å². The Hall–Kier alpha value is -1.59. The predicted molar refractivity (Wildman–Crippen MR) is 93.2 cm³/mol. The molecule has 1 saturated carbocycles. The second kappa shape index (κ2) is 6.13. The predicted octanol–water partition coefficient (Wildman–Crippen LogP) is 3.25. The Morgan fingerprint density at radius 2 is 2.09 bits per heavy atom. The van der Waals surface area contributed by atoms with E-state index in [1.807, 2.05) is 34.7 Å². The van der Waals surface area contributed by atoms with Gasteiger partial charge in [0.2, 0.25) is 5.91 Å². The van der Waals surface area contributed by atoms with Crippen molar-refractivity contribution in [2.45, 2.75) is 12.3 Å². The number of nitrogens with zero attached hydrogens (tertiary/aromatic N) is 3. The fourth-order valence-corrected chi connectivity index (χ4v) is 4.19. The summed E-state index contributed by atoms with van der Waals surface area (Å²) in [5.41, 5.74) is 1.19. The zero-order valence-corrected chi connectivity index (χ0v) is 14.3. The summed E-state index contributed by atoms with van der Waals surface area (Å²) < 4.78 is 0. The Balaban J connectivity index is 1.35. The molecule has 0 bridgehead atoms. The molecule has 4 rings (SSSR count). The minimum Gasteiger partial charge on any atom is -0.345 e. The lowest BCUT2D eigenvalue weighted by Crippen LogP contribution is -2.49. The molecule has 1 amide bonds. The van der Waals surface area contributed by atoms with E-state index in [1.54, 1.807) is 11.3 Å². The molecular formula is C17H18ClN3OS. The van der Waals surface area contributed by atoms with Crippen LogP contribution in [0.4, 0.5) is 5.13 Å². The lowest BCUT2D eigenvalue weighted by atomic mass is 10.1. The zero-order chi connectivity index (χ0) is 15.8. The van der Waals surface area contributed by atoms with E-state index < -0.39 is 0 Å². The van der Waals surface area contributed by atoms with Gasteiger partial charge in [0.25, 0.3) is 0 Å². The first kappa shape index (κ1) is 15.0. The van der Waals surface area contributed by atoms with Crippen molar-refractivity contribution in [2.75, 3.05) is 31.1 Å². The molecule has 2 fully saturated rings. The van der Waals surface area contributed by atoms with E-state index in [2.05, 4.69) is 16.0 Å². The molecule has 1 aliphatic heterocycles. The molecule has 120 valence electrons. The second-order valence-electron chi connectivity index (χ2n) is 6.13. The van der Waals surface area contributed by atoms with Crippen LogP contribution in [-0.2, 0) is 4.79 Å². The van der Waals surface area contributed by atoms with E-state index in [4.69, 9.17) is 11.6 Å². The molecule has 1 aromatic heterocycles. The third-order valence-electron chi connectivity index (χ3n) is 4.67. The van der Waals surface area contributed by atoms with Gasteiger partial charge >= 0.3 is 0 Å². The SMILES string of the molecule is O=C([C@@H]1C[C@@H]1c1cccc(Cl)c1)N1CCN(c2nccs2)CC1. The van der Waals surface area contributed by atoms with Gasteiger partial charge in [0, 0.05) is 48.7 Å². The van der Waals surface area contributed by atoms with Gasteiger partial charge in [-0.25, -0.2) is 4.98 Å². The van der Waals surface area contributed by atoms with Crippen molar-refractivity contribution >= 4 is 34.0 Å². The summed E-state index contributed by atoms with van der Waals surface area (Å²) in [5, 5.41) is 3.80. The quantitative estimate of drug-likeness (QED) is 0.855. The molecule has 2 aliphatic rings. The Kier molecular flexibility index (Phi) is 3.99. The highest BCUT2D eigenvalue weighted by Gasteiger charge is 2.46. The fraction of sp³-hybridized carbons (Fsp3) is 0.412. The number of hydrogen-bond acceptors (Lipinski definition) is 4. The lowest BCUT2D eigenvalue weighted by molar-refractivity contribution is -0.132. The van der Waals surface area contributed by atoms with Gasteiger partial charge in [-0.15, -0.1) is 11.3 Å². The Bertz CT molecular complexity index is 698. The summed E-state index contributed by atoms with van der Waals surface area (Å²) in [6, 6.07) is 7.90. The van der Waals surface area contributed by atoms with Crippen molar-refractivity contribution in [3.8, 4) is 0 Å². The highest BCUT2D eigenvalue weighted by atomic mass is 35.5. The van der Waals surface area contributed by atoms with Gasteiger partial charge in [-0.3, -0.25) is 4.79 Å². The van der Waals surface area contributed by atoms with Crippen LogP contribution in [0, 0.1) is 5.92 Å². The Morgan fingerprint density at radius 1 is 1.26 bits per heavy atom. The van der Waals surface area contributed by atoms with Gasteiger partial charge in [0.15, 0.2) is 5.13 Å². The van der Waals surface area contributed by atoms with Crippen LogP contribution in [0.3, 0.4) is 0 Å². The average Bonchev–Trinajstić information content (AvgIpc) is 3.19. The van der Waals surface area contributed by atoms with Gasteiger partial charge in [0.1, 0.15) is 0 Å². The molecule has 23 heavy (non-hydrogen) atoms. The van der Waals surface area contributed by atoms with Crippen LogP contribution >= 0.6 is 22.9 Å². The van der Waals surface area contributed by atoms with Crippen LogP contribution in [0.1, 0.15) is 17.9 Å². The molecule has 1 aliphatic carbocycles. The summed E-state index contributed by atoms with van der Waals surface area (Å²) in [6.07, 6.45) is 2.78. The van der Waals surface area contributed by atoms with Gasteiger partial charge in [-0.2, -0.15) is 0 Å². The number of carbonyl (C=O) groups excluding carboxylic acids is 1. The van der Waals surface area contributed by atoms with Crippen LogP contribution in [0.5, 0.6) is 0 Å². The maximum atomic E-state index is 12.7. The summed E-state index contributed by atoms with van der Waals surface area (Å²) in [6.45, 7) is 3.32.